The van der Waals surface area contributed by atoms with E-state index in [1.165, 1.54) is 16.7 Å². The Morgan fingerprint density at radius 1 is 1.35 bits per heavy atom. The summed E-state index contributed by atoms with van der Waals surface area (Å²) in [5, 5.41) is 8.55. The van der Waals surface area contributed by atoms with Gasteiger partial charge >= 0.3 is 5.97 Å². The fourth-order valence-electron chi connectivity index (χ4n) is 2.71. The summed E-state index contributed by atoms with van der Waals surface area (Å²) in [6.07, 6.45) is 3.49. The Hall–Kier alpha value is -1.89. The van der Waals surface area contributed by atoms with Gasteiger partial charge in [-0.2, -0.15) is 0 Å². The highest BCUT2D eigenvalue weighted by molar-refractivity contribution is 7.91. The minimum Gasteiger partial charge on any atom is -0.477 e. The van der Waals surface area contributed by atoms with Crippen molar-refractivity contribution in [3.05, 3.63) is 35.9 Å². The van der Waals surface area contributed by atoms with Crippen molar-refractivity contribution in [1.29, 1.82) is 0 Å². The van der Waals surface area contributed by atoms with Gasteiger partial charge in [0.15, 0.2) is 9.84 Å². The maximum Gasteiger partial charge on any atom is 0.352 e. The lowest BCUT2D eigenvalue weighted by molar-refractivity contribution is 0.0688. The Labute approximate surface area is 116 Å². The van der Waals surface area contributed by atoms with Crippen LogP contribution in [-0.4, -0.2) is 34.6 Å². The van der Waals surface area contributed by atoms with Crippen LogP contribution < -0.4 is 0 Å². The van der Waals surface area contributed by atoms with Gasteiger partial charge in [-0.05, 0) is 25.0 Å². The average Bonchev–Trinajstić information content (AvgIpc) is 2.81. The van der Waals surface area contributed by atoms with Gasteiger partial charge in [0.1, 0.15) is 16.8 Å². The number of imidazole rings is 1. The van der Waals surface area contributed by atoms with E-state index in [1.807, 2.05) is 0 Å². The van der Waals surface area contributed by atoms with Crippen molar-refractivity contribution in [3.63, 3.8) is 0 Å². The third-order valence-corrected chi connectivity index (χ3v) is 5.84. The molecule has 0 radical (unpaired) electrons. The van der Waals surface area contributed by atoms with Gasteiger partial charge in [0.2, 0.25) is 0 Å². The molecule has 1 N–H and O–H groups in total. The molecule has 6 nitrogen and oxygen atoms in total. The molecule has 0 spiro atoms. The number of rotatable bonds is 2. The minimum atomic E-state index is -3.26. The van der Waals surface area contributed by atoms with Crippen LogP contribution in [0.25, 0.3) is 5.52 Å². The number of carbonyl (C=O) groups is 1. The van der Waals surface area contributed by atoms with Crippen LogP contribution in [0.3, 0.4) is 0 Å². The smallest absolute Gasteiger partial charge is 0.352 e. The Morgan fingerprint density at radius 3 is 2.85 bits per heavy atom. The predicted molar refractivity (Wildman–Crippen MR) is 72.5 cm³/mol. The summed E-state index contributed by atoms with van der Waals surface area (Å²) < 4.78 is 25.8. The number of sulfone groups is 1. The first-order chi connectivity index (χ1) is 9.50. The standard InChI is InChI=1S/C13H14N2O4S/c16-13(17)10-5-3-4-9-8-14-12(15(9)10)11-6-1-2-7-20(11,18)19/h3-5,8,11H,1-2,6-7H2,(H,16,17). The minimum absolute atomic E-state index is 0.0378. The van der Waals surface area contributed by atoms with Crippen LogP contribution >= 0.6 is 0 Å². The SMILES string of the molecule is O=C(O)c1cccc2cnc(C3CCCCS3(=O)=O)n12. The van der Waals surface area contributed by atoms with Crippen LogP contribution in [0, 0.1) is 0 Å². The second-order valence-electron chi connectivity index (χ2n) is 4.94. The average molecular weight is 294 g/mol. The van der Waals surface area contributed by atoms with Gasteiger partial charge in [0, 0.05) is 0 Å². The van der Waals surface area contributed by atoms with Gasteiger partial charge in [-0.1, -0.05) is 12.5 Å². The van der Waals surface area contributed by atoms with E-state index < -0.39 is 21.1 Å². The largest absolute Gasteiger partial charge is 0.477 e. The molecule has 1 unspecified atom stereocenters. The van der Waals surface area contributed by atoms with Crippen LogP contribution in [0.1, 0.15) is 40.8 Å². The number of carboxylic acids is 1. The molecule has 3 heterocycles. The van der Waals surface area contributed by atoms with Gasteiger partial charge in [-0.15, -0.1) is 0 Å². The molecule has 1 saturated heterocycles. The highest BCUT2D eigenvalue weighted by Gasteiger charge is 2.34. The van der Waals surface area contributed by atoms with Crippen molar-refractivity contribution >= 4 is 21.3 Å². The number of hydrogen-bond acceptors (Lipinski definition) is 4. The Bertz CT molecular complexity index is 779. The molecule has 20 heavy (non-hydrogen) atoms. The first-order valence-corrected chi connectivity index (χ1v) is 8.13. The molecule has 1 aliphatic heterocycles. The van der Waals surface area contributed by atoms with Crippen LogP contribution in [0.2, 0.25) is 0 Å². The predicted octanol–water partition coefficient (Wildman–Crippen LogP) is 1.67. The van der Waals surface area contributed by atoms with Gasteiger partial charge in [-0.25, -0.2) is 18.2 Å². The third-order valence-electron chi connectivity index (χ3n) is 3.66. The number of aromatic carboxylic acids is 1. The van der Waals surface area contributed by atoms with Gasteiger partial charge in [0.05, 0.1) is 17.5 Å². The van der Waals surface area contributed by atoms with Gasteiger partial charge in [0.25, 0.3) is 0 Å². The fourth-order valence-corrected chi connectivity index (χ4v) is 4.62. The van der Waals surface area contributed by atoms with E-state index in [0.29, 0.717) is 24.2 Å². The molecule has 1 aliphatic rings. The van der Waals surface area contributed by atoms with Crippen molar-refractivity contribution in [2.24, 2.45) is 0 Å². The zero-order chi connectivity index (χ0) is 14.3. The molecule has 0 amide bonds. The fraction of sp³-hybridized carbons (Fsp3) is 0.385. The van der Waals surface area contributed by atoms with E-state index >= 15 is 0 Å². The lowest BCUT2D eigenvalue weighted by Crippen LogP contribution is -2.24. The molecule has 2 aromatic heterocycles. The van der Waals surface area contributed by atoms with Crippen LogP contribution in [-0.2, 0) is 9.84 Å². The van der Waals surface area contributed by atoms with Crippen molar-refractivity contribution in [1.82, 2.24) is 9.38 Å². The van der Waals surface area contributed by atoms with E-state index in [-0.39, 0.29) is 11.4 Å². The van der Waals surface area contributed by atoms with E-state index in [9.17, 15) is 18.3 Å². The van der Waals surface area contributed by atoms with Crippen molar-refractivity contribution in [2.45, 2.75) is 24.5 Å². The number of fused-ring (bicyclic) bond motifs is 1. The zero-order valence-corrected chi connectivity index (χ0v) is 11.5. The maximum absolute atomic E-state index is 12.2. The normalized spacial score (nSPS) is 21.9. The molecule has 106 valence electrons. The van der Waals surface area contributed by atoms with E-state index in [2.05, 4.69) is 4.98 Å². The quantitative estimate of drug-likeness (QED) is 0.910. The van der Waals surface area contributed by atoms with Gasteiger partial charge < -0.3 is 5.11 Å². The summed E-state index contributed by atoms with van der Waals surface area (Å²) in [5.41, 5.74) is 0.636. The first-order valence-electron chi connectivity index (χ1n) is 6.42. The van der Waals surface area contributed by atoms with Crippen molar-refractivity contribution in [3.8, 4) is 0 Å². The summed E-state index contributed by atoms with van der Waals surface area (Å²) in [7, 11) is -3.26. The molecule has 7 heteroatoms. The molecule has 0 aromatic carbocycles. The van der Waals surface area contributed by atoms with E-state index in [0.717, 1.165) is 6.42 Å². The summed E-state index contributed by atoms with van der Waals surface area (Å²) >= 11 is 0. The maximum atomic E-state index is 12.2. The highest BCUT2D eigenvalue weighted by Crippen LogP contribution is 2.33. The van der Waals surface area contributed by atoms with Crippen LogP contribution in [0.5, 0.6) is 0 Å². The number of pyridine rings is 1. The van der Waals surface area contributed by atoms with Crippen molar-refractivity contribution in [2.75, 3.05) is 5.75 Å². The molecule has 3 rings (SSSR count). The Kier molecular flexibility index (Phi) is 3.01. The van der Waals surface area contributed by atoms with Gasteiger partial charge in [-0.3, -0.25) is 4.40 Å². The third kappa shape index (κ3) is 1.98. The number of aromatic nitrogens is 2. The molecule has 1 atom stereocenters. The molecular formula is C13H14N2O4S. The summed E-state index contributed by atoms with van der Waals surface area (Å²) in [5.74, 6) is -0.636. The Morgan fingerprint density at radius 2 is 2.15 bits per heavy atom. The molecule has 0 saturated carbocycles. The van der Waals surface area contributed by atoms with Crippen molar-refractivity contribution < 1.29 is 18.3 Å². The first kappa shape index (κ1) is 13.1. The summed E-state index contributed by atoms with van der Waals surface area (Å²) in [6, 6.07) is 4.80. The molecular weight excluding hydrogens is 280 g/mol. The molecule has 0 bridgehead atoms. The molecule has 0 aliphatic carbocycles. The summed E-state index contributed by atoms with van der Waals surface area (Å²) in [4.78, 5) is 15.5. The topological polar surface area (TPSA) is 88.7 Å². The number of carboxylic acid groups (broad SMARTS) is 1. The van der Waals surface area contributed by atoms with Crippen LogP contribution in [0.4, 0.5) is 0 Å². The zero-order valence-electron chi connectivity index (χ0n) is 10.7. The highest BCUT2D eigenvalue weighted by atomic mass is 32.2. The monoisotopic (exact) mass is 294 g/mol. The number of hydrogen-bond donors (Lipinski definition) is 1. The van der Waals surface area contributed by atoms with E-state index in [4.69, 9.17) is 0 Å². The lowest BCUT2D eigenvalue weighted by atomic mass is 10.2. The second-order valence-corrected chi connectivity index (χ2v) is 7.25. The number of nitrogens with zero attached hydrogens (tertiary/aromatic N) is 2. The van der Waals surface area contributed by atoms with Crippen LogP contribution in [0.15, 0.2) is 24.4 Å². The summed E-state index contributed by atoms with van der Waals surface area (Å²) in [6.45, 7) is 0. The molecule has 1 fully saturated rings. The Balaban J connectivity index is 2.24. The van der Waals surface area contributed by atoms with E-state index in [1.54, 1.807) is 12.1 Å². The lowest BCUT2D eigenvalue weighted by Gasteiger charge is -2.21. The molecule has 2 aromatic rings. The second kappa shape index (κ2) is 4.59.